The van der Waals surface area contributed by atoms with Crippen LogP contribution in [0.5, 0.6) is 0 Å². The number of carboxylic acid groups (broad SMARTS) is 1. The Morgan fingerprint density at radius 2 is 1.96 bits per heavy atom. The van der Waals surface area contributed by atoms with E-state index in [1.165, 1.54) is 0 Å². The van der Waals surface area contributed by atoms with Gasteiger partial charge in [-0.15, -0.1) is 0 Å². The molecule has 5 heteroatoms. The fourth-order valence-corrected chi connectivity index (χ4v) is 3.30. The van der Waals surface area contributed by atoms with Crippen molar-refractivity contribution in [3.05, 3.63) is 12.2 Å². The number of aliphatic carboxylic acids is 1. The molecule has 1 aliphatic rings. The minimum atomic E-state index is -0.985. The third-order valence-corrected chi connectivity index (χ3v) is 4.99. The van der Waals surface area contributed by atoms with E-state index in [1.54, 1.807) is 0 Å². The summed E-state index contributed by atoms with van der Waals surface area (Å²) in [5, 5.41) is 22.0. The minimum absolute atomic E-state index is 0.0930. The van der Waals surface area contributed by atoms with Crippen LogP contribution in [-0.2, 0) is 9.59 Å². The van der Waals surface area contributed by atoms with Crippen LogP contribution < -0.4 is 5.32 Å². The Morgan fingerprint density at radius 3 is 2.52 bits per heavy atom. The number of amides is 1. The number of hydrogen-bond donors (Lipinski definition) is 3. The number of carboxylic acids is 1. The van der Waals surface area contributed by atoms with Gasteiger partial charge in [-0.2, -0.15) is 0 Å². The standard InChI is InChI=1S/C18H31NO4/c1-4-6-7-8-14-13(9-10-15(14)20)11-16(21)19-17(18(22)23)12(3)5-2/h6-7,12-15,17,20H,4-5,8-11H2,1-3H3,(H,19,21)(H,22,23)/b7-6-/t12-,13-,14-,15+,17+/m1/s1. The number of aliphatic hydroxyl groups excluding tert-OH is 1. The van der Waals surface area contributed by atoms with Crippen molar-refractivity contribution < 1.29 is 19.8 Å². The van der Waals surface area contributed by atoms with Crippen LogP contribution in [0.4, 0.5) is 0 Å². The van der Waals surface area contributed by atoms with E-state index in [9.17, 15) is 19.8 Å². The maximum absolute atomic E-state index is 12.2. The van der Waals surface area contributed by atoms with E-state index in [-0.39, 0.29) is 29.8 Å². The van der Waals surface area contributed by atoms with Crippen molar-refractivity contribution >= 4 is 11.9 Å². The second-order valence-corrected chi connectivity index (χ2v) is 6.66. The molecule has 0 spiro atoms. The zero-order valence-corrected chi connectivity index (χ0v) is 14.5. The highest BCUT2D eigenvalue weighted by Gasteiger charge is 2.36. The summed E-state index contributed by atoms with van der Waals surface area (Å²) in [5.41, 5.74) is 0. The van der Waals surface area contributed by atoms with Gasteiger partial charge < -0.3 is 15.5 Å². The first kappa shape index (κ1) is 19.7. The first-order valence-electron chi connectivity index (χ1n) is 8.75. The Morgan fingerprint density at radius 1 is 1.26 bits per heavy atom. The number of carbonyl (C=O) groups excluding carboxylic acids is 1. The van der Waals surface area contributed by atoms with Crippen LogP contribution in [0.25, 0.3) is 0 Å². The van der Waals surface area contributed by atoms with Gasteiger partial charge in [0.1, 0.15) is 6.04 Å². The number of allylic oxidation sites excluding steroid dienone is 2. The molecule has 5 nitrogen and oxygen atoms in total. The Labute approximate surface area is 139 Å². The Balaban J connectivity index is 2.60. The number of hydrogen-bond acceptors (Lipinski definition) is 3. The molecule has 0 saturated heterocycles. The third kappa shape index (κ3) is 5.98. The summed E-state index contributed by atoms with van der Waals surface area (Å²) in [6.45, 7) is 5.81. The van der Waals surface area contributed by atoms with E-state index < -0.39 is 12.0 Å². The molecule has 3 N–H and O–H groups in total. The molecule has 1 fully saturated rings. The Bertz CT molecular complexity index is 421. The third-order valence-electron chi connectivity index (χ3n) is 4.99. The monoisotopic (exact) mass is 325 g/mol. The molecule has 1 aliphatic carbocycles. The lowest BCUT2D eigenvalue weighted by atomic mass is 9.88. The van der Waals surface area contributed by atoms with Gasteiger partial charge in [0.25, 0.3) is 0 Å². The quantitative estimate of drug-likeness (QED) is 0.569. The molecule has 1 amide bonds. The normalized spacial score (nSPS) is 27.0. The number of nitrogens with one attached hydrogen (secondary N) is 1. The predicted molar refractivity (Wildman–Crippen MR) is 89.9 cm³/mol. The van der Waals surface area contributed by atoms with E-state index >= 15 is 0 Å². The van der Waals surface area contributed by atoms with E-state index in [4.69, 9.17) is 0 Å². The molecule has 0 heterocycles. The largest absolute Gasteiger partial charge is 0.480 e. The van der Waals surface area contributed by atoms with E-state index in [2.05, 4.69) is 24.4 Å². The molecule has 1 saturated carbocycles. The molecule has 0 aliphatic heterocycles. The van der Waals surface area contributed by atoms with Crippen LogP contribution in [0.15, 0.2) is 12.2 Å². The molecule has 0 radical (unpaired) electrons. The van der Waals surface area contributed by atoms with Gasteiger partial charge in [-0.05, 0) is 43.4 Å². The molecular formula is C18H31NO4. The van der Waals surface area contributed by atoms with Gasteiger partial charge in [0, 0.05) is 6.42 Å². The fourth-order valence-electron chi connectivity index (χ4n) is 3.30. The molecule has 0 aromatic carbocycles. The predicted octanol–water partition coefficient (Wildman–Crippen LogP) is 2.74. The smallest absolute Gasteiger partial charge is 0.326 e. The fraction of sp³-hybridized carbons (Fsp3) is 0.778. The van der Waals surface area contributed by atoms with Crippen LogP contribution in [0, 0.1) is 17.8 Å². The van der Waals surface area contributed by atoms with E-state index in [0.29, 0.717) is 12.8 Å². The van der Waals surface area contributed by atoms with Crippen LogP contribution in [0.1, 0.15) is 59.3 Å². The maximum atomic E-state index is 12.2. The van der Waals surface area contributed by atoms with Crippen molar-refractivity contribution in [2.75, 3.05) is 0 Å². The summed E-state index contributed by atoms with van der Waals surface area (Å²) in [4.78, 5) is 23.5. The lowest BCUT2D eigenvalue weighted by molar-refractivity contribution is -0.143. The summed E-state index contributed by atoms with van der Waals surface area (Å²) >= 11 is 0. The highest BCUT2D eigenvalue weighted by molar-refractivity contribution is 5.83. The molecular weight excluding hydrogens is 294 g/mol. The maximum Gasteiger partial charge on any atom is 0.326 e. The Hall–Kier alpha value is -1.36. The van der Waals surface area contributed by atoms with Crippen molar-refractivity contribution in [3.63, 3.8) is 0 Å². The number of rotatable bonds is 9. The molecule has 0 unspecified atom stereocenters. The average Bonchev–Trinajstić information content (AvgIpc) is 2.84. The summed E-state index contributed by atoms with van der Waals surface area (Å²) in [6.07, 6.45) is 8.06. The second kappa shape index (κ2) is 9.71. The van der Waals surface area contributed by atoms with Crippen LogP contribution in [0.3, 0.4) is 0 Å². The molecule has 0 aromatic heterocycles. The van der Waals surface area contributed by atoms with Crippen molar-refractivity contribution in [1.29, 1.82) is 0 Å². The molecule has 132 valence electrons. The van der Waals surface area contributed by atoms with Gasteiger partial charge in [-0.25, -0.2) is 4.79 Å². The minimum Gasteiger partial charge on any atom is -0.480 e. The Kier molecular flexibility index (Phi) is 8.31. The van der Waals surface area contributed by atoms with E-state index in [0.717, 1.165) is 25.7 Å². The summed E-state index contributed by atoms with van der Waals surface area (Å²) in [7, 11) is 0. The van der Waals surface area contributed by atoms with Crippen molar-refractivity contribution in [2.24, 2.45) is 17.8 Å². The highest BCUT2D eigenvalue weighted by Crippen LogP contribution is 2.37. The van der Waals surface area contributed by atoms with E-state index in [1.807, 2.05) is 13.8 Å². The van der Waals surface area contributed by atoms with Gasteiger partial charge in [0.15, 0.2) is 0 Å². The summed E-state index contributed by atoms with van der Waals surface area (Å²) < 4.78 is 0. The van der Waals surface area contributed by atoms with Crippen LogP contribution in [-0.4, -0.2) is 34.2 Å². The molecule has 5 atom stereocenters. The molecule has 23 heavy (non-hydrogen) atoms. The average molecular weight is 325 g/mol. The van der Waals surface area contributed by atoms with Gasteiger partial charge in [0.2, 0.25) is 5.91 Å². The summed E-state index contributed by atoms with van der Waals surface area (Å²) in [5.74, 6) is -1.09. The van der Waals surface area contributed by atoms with Crippen molar-refractivity contribution in [2.45, 2.75) is 71.4 Å². The SMILES string of the molecule is CC/C=C\C[C@@H]1[C@@H](CC(=O)N[C@H](C(=O)O)[C@H](C)CC)CC[C@@H]1O. The first-order chi connectivity index (χ1) is 10.9. The lowest BCUT2D eigenvalue weighted by Crippen LogP contribution is -2.45. The highest BCUT2D eigenvalue weighted by atomic mass is 16.4. The van der Waals surface area contributed by atoms with Gasteiger partial charge in [0.05, 0.1) is 6.10 Å². The zero-order chi connectivity index (χ0) is 17.4. The molecule has 1 rings (SSSR count). The first-order valence-corrected chi connectivity index (χ1v) is 8.75. The lowest BCUT2D eigenvalue weighted by Gasteiger charge is -2.23. The van der Waals surface area contributed by atoms with Crippen LogP contribution in [0.2, 0.25) is 0 Å². The van der Waals surface area contributed by atoms with Gasteiger partial charge in [-0.3, -0.25) is 4.79 Å². The second-order valence-electron chi connectivity index (χ2n) is 6.66. The topological polar surface area (TPSA) is 86.6 Å². The van der Waals surface area contributed by atoms with Crippen molar-refractivity contribution in [3.8, 4) is 0 Å². The van der Waals surface area contributed by atoms with Gasteiger partial charge >= 0.3 is 5.97 Å². The molecule has 0 aromatic rings. The number of aliphatic hydroxyl groups is 1. The van der Waals surface area contributed by atoms with Crippen LogP contribution >= 0.6 is 0 Å². The zero-order valence-electron chi connectivity index (χ0n) is 14.5. The van der Waals surface area contributed by atoms with Crippen molar-refractivity contribution in [1.82, 2.24) is 5.32 Å². The number of carbonyl (C=O) groups is 2. The van der Waals surface area contributed by atoms with Gasteiger partial charge in [-0.1, -0.05) is 39.3 Å². The summed E-state index contributed by atoms with van der Waals surface area (Å²) in [6, 6.07) is -0.836. The molecule has 0 bridgehead atoms.